The van der Waals surface area contributed by atoms with E-state index in [4.69, 9.17) is 9.47 Å². The van der Waals surface area contributed by atoms with Gasteiger partial charge in [0.2, 0.25) is 5.95 Å². The highest BCUT2D eigenvalue weighted by molar-refractivity contribution is 5.96. The van der Waals surface area contributed by atoms with Crippen molar-refractivity contribution in [2.75, 3.05) is 18.4 Å². The number of nitrogens with zero attached hydrogens (tertiary/aromatic N) is 4. The van der Waals surface area contributed by atoms with E-state index < -0.39 is 40.8 Å². The van der Waals surface area contributed by atoms with Gasteiger partial charge in [-0.3, -0.25) is 0 Å². The molecule has 1 N–H and O–H groups in total. The summed E-state index contributed by atoms with van der Waals surface area (Å²) in [5.41, 5.74) is -2.79. The minimum absolute atomic E-state index is 0.0555. The number of halogens is 3. The third-order valence-electron chi connectivity index (χ3n) is 6.03. The van der Waals surface area contributed by atoms with E-state index in [-0.39, 0.29) is 24.2 Å². The largest absolute Gasteiger partial charge is 0.444 e. The molecule has 9 nitrogen and oxygen atoms in total. The highest BCUT2D eigenvalue weighted by atomic mass is 19.4. The van der Waals surface area contributed by atoms with Crippen molar-refractivity contribution in [1.82, 2.24) is 19.4 Å². The summed E-state index contributed by atoms with van der Waals surface area (Å²) in [4.78, 5) is 35.6. The molecule has 1 aliphatic heterocycles. The number of hydrogen-bond acceptors (Lipinski definition) is 7. The predicted molar refractivity (Wildman–Crippen MR) is 144 cm³/mol. The molecule has 40 heavy (non-hydrogen) atoms. The standard InChI is InChI=1S/C28H34F3N5O4/c1-26(2,3)39-24(37)35-13-9-11-18(16-35)33-23-32-15-19(28(29,30)31)22(34-23)21-14-17-10-7-8-12-20(17)36(21)25(38)40-27(4,5)6/h7-8,10,12,14-15,18H,9,11,13,16H2,1-6H3,(H,32,33,34)/t18-/m0/s1. The molecule has 1 aromatic carbocycles. The Balaban J connectivity index is 1.73. The second kappa shape index (κ2) is 10.6. The number of carbonyl (C=O) groups is 2. The van der Waals surface area contributed by atoms with Crippen LogP contribution in [0.3, 0.4) is 0 Å². The molecule has 0 spiro atoms. The van der Waals surface area contributed by atoms with Crippen molar-refractivity contribution < 1.29 is 32.2 Å². The average Bonchev–Trinajstić information content (AvgIpc) is 3.21. The summed E-state index contributed by atoms with van der Waals surface area (Å²) in [6.45, 7) is 11.1. The maximum Gasteiger partial charge on any atom is 0.420 e. The number of aromatic nitrogens is 3. The summed E-state index contributed by atoms with van der Waals surface area (Å²) in [5.74, 6) is -0.0555. The molecule has 3 heterocycles. The number of nitrogens with one attached hydrogen (secondary N) is 1. The summed E-state index contributed by atoms with van der Waals surface area (Å²) in [7, 11) is 0. The monoisotopic (exact) mass is 561 g/mol. The number of ether oxygens (including phenoxy) is 2. The van der Waals surface area contributed by atoms with Gasteiger partial charge in [-0.25, -0.2) is 24.1 Å². The zero-order chi connectivity index (χ0) is 29.5. The smallest absolute Gasteiger partial charge is 0.420 e. The van der Waals surface area contributed by atoms with Crippen LogP contribution >= 0.6 is 0 Å². The van der Waals surface area contributed by atoms with Crippen LogP contribution in [0.1, 0.15) is 59.9 Å². The number of fused-ring (bicyclic) bond motifs is 1. The van der Waals surface area contributed by atoms with Crippen molar-refractivity contribution in [3.63, 3.8) is 0 Å². The average molecular weight is 562 g/mol. The summed E-state index contributed by atoms with van der Waals surface area (Å²) in [5, 5.41) is 3.62. The van der Waals surface area contributed by atoms with Crippen LogP contribution in [-0.2, 0) is 15.7 Å². The predicted octanol–water partition coefficient (Wildman–Crippen LogP) is 6.71. The molecule has 1 fully saturated rings. The van der Waals surface area contributed by atoms with Gasteiger partial charge in [-0.2, -0.15) is 13.2 Å². The molecule has 1 aliphatic rings. The van der Waals surface area contributed by atoms with E-state index in [2.05, 4.69) is 15.3 Å². The van der Waals surface area contributed by atoms with Gasteiger partial charge in [0.05, 0.1) is 11.2 Å². The normalized spacial score (nSPS) is 16.6. The molecule has 0 saturated carbocycles. The summed E-state index contributed by atoms with van der Waals surface area (Å²) < 4.78 is 54.6. The number of anilines is 1. The summed E-state index contributed by atoms with van der Waals surface area (Å²) >= 11 is 0. The van der Waals surface area contributed by atoms with Gasteiger partial charge in [0.25, 0.3) is 0 Å². The van der Waals surface area contributed by atoms with E-state index in [0.29, 0.717) is 36.5 Å². The van der Waals surface area contributed by atoms with Crippen molar-refractivity contribution >= 4 is 29.0 Å². The first kappa shape index (κ1) is 29.2. The van der Waals surface area contributed by atoms with Gasteiger partial charge in [-0.15, -0.1) is 0 Å². The fraction of sp³-hybridized carbons (Fsp3) is 0.500. The third-order valence-corrected chi connectivity index (χ3v) is 6.03. The van der Waals surface area contributed by atoms with Gasteiger partial charge in [-0.05, 0) is 66.5 Å². The number of likely N-dealkylation sites (tertiary alicyclic amines) is 1. The lowest BCUT2D eigenvalue weighted by Gasteiger charge is -2.34. The molecule has 4 rings (SSSR count). The molecule has 12 heteroatoms. The number of amides is 1. The fourth-order valence-corrected chi connectivity index (χ4v) is 4.46. The number of benzene rings is 1. The van der Waals surface area contributed by atoms with Crippen molar-refractivity contribution in [2.24, 2.45) is 0 Å². The van der Waals surface area contributed by atoms with E-state index in [0.717, 1.165) is 4.57 Å². The van der Waals surface area contributed by atoms with Gasteiger partial charge in [0.15, 0.2) is 0 Å². The van der Waals surface area contributed by atoms with Crippen molar-refractivity contribution in [3.05, 3.63) is 42.1 Å². The number of rotatable bonds is 3. The van der Waals surface area contributed by atoms with Crippen LogP contribution in [0.4, 0.5) is 28.7 Å². The van der Waals surface area contributed by atoms with Gasteiger partial charge in [0.1, 0.15) is 22.5 Å². The van der Waals surface area contributed by atoms with Crippen LogP contribution < -0.4 is 5.32 Å². The van der Waals surface area contributed by atoms with E-state index in [1.165, 1.54) is 6.07 Å². The minimum atomic E-state index is -4.79. The highest BCUT2D eigenvalue weighted by Gasteiger charge is 2.38. The number of carbonyl (C=O) groups excluding carboxylic acids is 2. The molecule has 1 atom stereocenters. The molecule has 0 aliphatic carbocycles. The zero-order valence-electron chi connectivity index (χ0n) is 23.4. The second-order valence-corrected chi connectivity index (χ2v) is 11.8. The van der Waals surface area contributed by atoms with E-state index >= 15 is 0 Å². The Morgan fingerprint density at radius 1 is 1.00 bits per heavy atom. The number of hydrogen-bond donors (Lipinski definition) is 1. The molecule has 1 saturated heterocycles. The lowest BCUT2D eigenvalue weighted by molar-refractivity contribution is -0.137. The minimum Gasteiger partial charge on any atom is -0.444 e. The van der Waals surface area contributed by atoms with E-state index in [9.17, 15) is 22.8 Å². The zero-order valence-corrected chi connectivity index (χ0v) is 23.4. The molecule has 1 amide bonds. The van der Waals surface area contributed by atoms with Crippen LogP contribution in [0.25, 0.3) is 22.3 Å². The third kappa shape index (κ3) is 6.83. The number of alkyl halides is 3. The molecular weight excluding hydrogens is 527 g/mol. The first-order valence-electron chi connectivity index (χ1n) is 13.0. The Morgan fingerprint density at radius 3 is 2.30 bits per heavy atom. The van der Waals surface area contributed by atoms with E-state index in [1.807, 2.05) is 0 Å². The van der Waals surface area contributed by atoms with Gasteiger partial charge in [-0.1, -0.05) is 18.2 Å². The molecule has 0 bridgehead atoms. The Hall–Kier alpha value is -3.83. The maximum absolute atomic E-state index is 14.2. The van der Waals surface area contributed by atoms with Crippen molar-refractivity contribution in [3.8, 4) is 11.4 Å². The van der Waals surface area contributed by atoms with Crippen LogP contribution in [0, 0.1) is 0 Å². The summed E-state index contributed by atoms with van der Waals surface area (Å²) in [6, 6.07) is 7.89. The molecule has 2 aromatic heterocycles. The van der Waals surface area contributed by atoms with Crippen LogP contribution in [0.2, 0.25) is 0 Å². The van der Waals surface area contributed by atoms with Crippen LogP contribution in [0.5, 0.6) is 0 Å². The van der Waals surface area contributed by atoms with Gasteiger partial charge < -0.3 is 19.7 Å². The number of para-hydroxylation sites is 1. The Bertz CT molecular complexity index is 1410. The topological polar surface area (TPSA) is 98.6 Å². The summed E-state index contributed by atoms with van der Waals surface area (Å²) in [6.07, 6.45) is -4.06. The first-order valence-corrected chi connectivity index (χ1v) is 13.0. The maximum atomic E-state index is 14.2. The van der Waals surface area contributed by atoms with Gasteiger partial charge in [0, 0.05) is 30.7 Å². The van der Waals surface area contributed by atoms with Crippen molar-refractivity contribution in [2.45, 2.75) is 77.8 Å². The molecule has 0 unspecified atom stereocenters. The Kier molecular flexibility index (Phi) is 7.75. The number of piperidine rings is 1. The molecular formula is C28H34F3N5O4. The quantitative estimate of drug-likeness (QED) is 0.379. The van der Waals surface area contributed by atoms with Gasteiger partial charge >= 0.3 is 18.4 Å². The SMILES string of the molecule is CC(C)(C)OC(=O)N1CCC[C@H](Nc2ncc(C(F)(F)F)c(-c3cc4ccccc4n3C(=O)OC(C)(C)C)n2)C1. The van der Waals surface area contributed by atoms with Crippen LogP contribution in [0.15, 0.2) is 36.5 Å². The Labute approximate surface area is 230 Å². The fourth-order valence-electron chi connectivity index (χ4n) is 4.46. The molecule has 216 valence electrons. The van der Waals surface area contributed by atoms with E-state index in [1.54, 1.807) is 70.7 Å². The highest BCUT2D eigenvalue weighted by Crippen LogP contribution is 2.38. The van der Waals surface area contributed by atoms with Crippen LogP contribution in [-0.4, -0.2) is 62.0 Å². The lowest BCUT2D eigenvalue weighted by atomic mass is 10.1. The van der Waals surface area contributed by atoms with Crippen molar-refractivity contribution in [1.29, 1.82) is 0 Å². The Morgan fingerprint density at radius 2 is 1.65 bits per heavy atom. The molecule has 0 radical (unpaired) electrons. The lowest BCUT2D eigenvalue weighted by Crippen LogP contribution is -2.47. The second-order valence-electron chi connectivity index (χ2n) is 11.8. The molecule has 3 aromatic rings. The first-order chi connectivity index (χ1) is 18.5.